The van der Waals surface area contributed by atoms with Crippen LogP contribution in [-0.4, -0.2) is 29.3 Å². The van der Waals surface area contributed by atoms with Crippen molar-refractivity contribution >= 4 is 17.5 Å². The maximum atomic E-state index is 13.5. The molecule has 0 spiro atoms. The van der Waals surface area contributed by atoms with E-state index in [1.807, 2.05) is 4.90 Å². The van der Waals surface area contributed by atoms with Crippen LogP contribution in [0.1, 0.15) is 41.6 Å². The van der Waals surface area contributed by atoms with Gasteiger partial charge in [-0.1, -0.05) is 6.07 Å². The molecule has 1 amide bonds. The molecular formula is C15H19ClFNO. The van der Waals surface area contributed by atoms with Gasteiger partial charge in [0.1, 0.15) is 5.82 Å². The third kappa shape index (κ3) is 3.27. The van der Waals surface area contributed by atoms with Crippen LogP contribution in [-0.2, 0) is 0 Å². The lowest BCUT2D eigenvalue weighted by Gasteiger charge is -2.24. The lowest BCUT2D eigenvalue weighted by Crippen LogP contribution is -2.35. The minimum atomic E-state index is -0.317. The number of nitrogens with zero attached hydrogens (tertiary/aromatic N) is 1. The van der Waals surface area contributed by atoms with Gasteiger partial charge in [-0.3, -0.25) is 4.79 Å². The smallest absolute Gasteiger partial charge is 0.254 e. The largest absolute Gasteiger partial charge is 0.336 e. The third-order valence-electron chi connectivity index (χ3n) is 3.73. The van der Waals surface area contributed by atoms with Crippen molar-refractivity contribution in [2.75, 3.05) is 12.4 Å². The van der Waals surface area contributed by atoms with Gasteiger partial charge in [0.15, 0.2) is 0 Å². The average Bonchev–Trinajstić information content (AvgIpc) is 2.87. The number of rotatable bonds is 4. The fourth-order valence-corrected chi connectivity index (χ4v) is 2.76. The topological polar surface area (TPSA) is 20.3 Å². The first-order chi connectivity index (χ1) is 9.13. The van der Waals surface area contributed by atoms with Crippen LogP contribution in [0.3, 0.4) is 0 Å². The molecule has 1 aromatic rings. The number of benzene rings is 1. The molecule has 0 bridgehead atoms. The van der Waals surface area contributed by atoms with Gasteiger partial charge >= 0.3 is 0 Å². The van der Waals surface area contributed by atoms with Gasteiger partial charge in [-0.15, -0.1) is 11.6 Å². The first-order valence-corrected chi connectivity index (χ1v) is 7.30. The maximum absolute atomic E-state index is 13.5. The molecule has 4 heteroatoms. The van der Waals surface area contributed by atoms with Crippen LogP contribution in [0.15, 0.2) is 18.2 Å². The Balaban J connectivity index is 2.11. The fraction of sp³-hybridized carbons (Fsp3) is 0.533. The Morgan fingerprint density at radius 1 is 1.53 bits per heavy atom. The monoisotopic (exact) mass is 283 g/mol. The van der Waals surface area contributed by atoms with Gasteiger partial charge in [0.2, 0.25) is 0 Å². The Morgan fingerprint density at radius 3 is 3.00 bits per heavy atom. The fourth-order valence-electron chi connectivity index (χ4n) is 2.61. The molecule has 0 aromatic heterocycles. The van der Waals surface area contributed by atoms with Gasteiger partial charge in [-0.05, 0) is 50.3 Å². The molecule has 2 rings (SSSR count). The summed E-state index contributed by atoms with van der Waals surface area (Å²) in [5, 5.41) is 0. The number of likely N-dealkylation sites (tertiary alicyclic amines) is 1. The predicted octanol–water partition coefficient (Wildman–Crippen LogP) is 3.76. The van der Waals surface area contributed by atoms with Gasteiger partial charge in [0.25, 0.3) is 5.91 Å². The molecule has 1 atom stereocenters. The van der Waals surface area contributed by atoms with E-state index in [1.165, 1.54) is 6.07 Å². The minimum Gasteiger partial charge on any atom is -0.336 e. The number of carbonyl (C=O) groups excluding carboxylic acids is 1. The number of amides is 1. The van der Waals surface area contributed by atoms with Crippen molar-refractivity contribution in [3.8, 4) is 0 Å². The molecule has 1 aliphatic heterocycles. The normalized spacial score (nSPS) is 18.9. The Labute approximate surface area is 118 Å². The van der Waals surface area contributed by atoms with Gasteiger partial charge < -0.3 is 4.90 Å². The first kappa shape index (κ1) is 14.3. The molecule has 1 aliphatic rings. The van der Waals surface area contributed by atoms with E-state index in [-0.39, 0.29) is 17.8 Å². The van der Waals surface area contributed by atoms with Gasteiger partial charge in [0, 0.05) is 24.0 Å². The number of hydrogen-bond donors (Lipinski definition) is 0. The van der Waals surface area contributed by atoms with E-state index in [9.17, 15) is 9.18 Å². The summed E-state index contributed by atoms with van der Waals surface area (Å²) in [7, 11) is 0. The molecule has 1 heterocycles. The highest BCUT2D eigenvalue weighted by atomic mass is 35.5. The average molecular weight is 284 g/mol. The highest BCUT2D eigenvalue weighted by molar-refractivity contribution is 6.17. The molecule has 0 saturated carbocycles. The second-order valence-electron chi connectivity index (χ2n) is 5.09. The Bertz CT molecular complexity index is 463. The van der Waals surface area contributed by atoms with Crippen LogP contribution in [0, 0.1) is 12.7 Å². The van der Waals surface area contributed by atoms with Crippen LogP contribution in [0.5, 0.6) is 0 Å². The summed E-state index contributed by atoms with van der Waals surface area (Å²) >= 11 is 5.71. The van der Waals surface area contributed by atoms with E-state index < -0.39 is 0 Å². The highest BCUT2D eigenvalue weighted by Gasteiger charge is 2.29. The Kier molecular flexibility index (Phi) is 4.81. The Morgan fingerprint density at radius 2 is 2.32 bits per heavy atom. The third-order valence-corrected chi connectivity index (χ3v) is 4.00. The lowest BCUT2D eigenvalue weighted by atomic mass is 10.1. The number of aryl methyl sites for hydroxylation is 1. The van der Waals surface area contributed by atoms with E-state index >= 15 is 0 Å². The van der Waals surface area contributed by atoms with Crippen LogP contribution in [0.4, 0.5) is 4.39 Å². The number of halogens is 2. The lowest BCUT2D eigenvalue weighted by molar-refractivity contribution is 0.0729. The molecule has 0 radical (unpaired) electrons. The molecule has 1 unspecified atom stereocenters. The summed E-state index contributed by atoms with van der Waals surface area (Å²) in [6, 6.07) is 4.97. The molecule has 2 nitrogen and oxygen atoms in total. The first-order valence-electron chi connectivity index (χ1n) is 6.76. The van der Waals surface area contributed by atoms with Crippen LogP contribution in [0.2, 0.25) is 0 Å². The number of hydrogen-bond acceptors (Lipinski definition) is 1. The molecule has 19 heavy (non-hydrogen) atoms. The van der Waals surface area contributed by atoms with Gasteiger partial charge in [0.05, 0.1) is 0 Å². The molecule has 0 N–H and O–H groups in total. The summed E-state index contributed by atoms with van der Waals surface area (Å²) in [5.74, 6) is 0.246. The molecule has 1 aromatic carbocycles. The summed E-state index contributed by atoms with van der Waals surface area (Å²) in [4.78, 5) is 14.3. The number of alkyl halides is 1. The van der Waals surface area contributed by atoms with E-state index in [2.05, 4.69) is 0 Å². The quantitative estimate of drug-likeness (QED) is 0.771. The second kappa shape index (κ2) is 6.38. The highest BCUT2D eigenvalue weighted by Crippen LogP contribution is 2.24. The molecule has 1 fully saturated rings. The van der Waals surface area contributed by atoms with Gasteiger partial charge in [-0.2, -0.15) is 0 Å². The van der Waals surface area contributed by atoms with Crippen LogP contribution >= 0.6 is 11.6 Å². The molecule has 0 aliphatic carbocycles. The van der Waals surface area contributed by atoms with Crippen molar-refractivity contribution in [3.05, 3.63) is 35.1 Å². The summed E-state index contributed by atoms with van der Waals surface area (Å²) in [5.41, 5.74) is 1.01. The van der Waals surface area contributed by atoms with Crippen molar-refractivity contribution in [1.29, 1.82) is 0 Å². The van der Waals surface area contributed by atoms with Crippen molar-refractivity contribution in [2.45, 2.75) is 38.6 Å². The molecule has 1 saturated heterocycles. The molecular weight excluding hydrogens is 265 g/mol. The second-order valence-corrected chi connectivity index (χ2v) is 5.47. The zero-order valence-electron chi connectivity index (χ0n) is 11.2. The van der Waals surface area contributed by atoms with Crippen LogP contribution in [0.25, 0.3) is 0 Å². The van der Waals surface area contributed by atoms with Gasteiger partial charge in [-0.25, -0.2) is 4.39 Å². The summed E-state index contributed by atoms with van der Waals surface area (Å²) in [6.45, 7) is 2.46. The van der Waals surface area contributed by atoms with E-state index in [0.29, 0.717) is 17.0 Å². The summed E-state index contributed by atoms with van der Waals surface area (Å²) < 4.78 is 13.5. The van der Waals surface area contributed by atoms with Crippen molar-refractivity contribution in [3.63, 3.8) is 0 Å². The van der Waals surface area contributed by atoms with E-state index in [0.717, 1.165) is 32.2 Å². The maximum Gasteiger partial charge on any atom is 0.254 e. The SMILES string of the molecule is Cc1ccc(C(=O)N2CCCC2CCCCl)cc1F. The minimum absolute atomic E-state index is 0.0593. The zero-order valence-corrected chi connectivity index (χ0v) is 11.9. The van der Waals surface area contributed by atoms with Crippen molar-refractivity contribution < 1.29 is 9.18 Å². The zero-order chi connectivity index (χ0) is 13.8. The predicted molar refractivity (Wildman–Crippen MR) is 75.1 cm³/mol. The summed E-state index contributed by atoms with van der Waals surface area (Å²) in [6.07, 6.45) is 3.89. The number of carbonyl (C=O) groups is 1. The van der Waals surface area contributed by atoms with Crippen molar-refractivity contribution in [1.82, 2.24) is 4.90 Å². The van der Waals surface area contributed by atoms with Crippen molar-refractivity contribution in [2.24, 2.45) is 0 Å². The van der Waals surface area contributed by atoms with E-state index in [1.54, 1.807) is 19.1 Å². The van der Waals surface area contributed by atoms with Crippen LogP contribution < -0.4 is 0 Å². The Hall–Kier alpha value is -1.09. The standard InChI is InChI=1S/C15H19ClFNO/c1-11-6-7-12(10-14(11)17)15(19)18-9-3-5-13(18)4-2-8-16/h6-7,10,13H,2-5,8-9H2,1H3. The van der Waals surface area contributed by atoms with E-state index in [4.69, 9.17) is 11.6 Å². The molecule has 104 valence electrons.